The SMILES string of the molecule is CC1CCN(C(=O)C(Cc2ccc3[nH]cnc3c2)NS(=O)(=O)c2cccc3cccnc23)CC1. The van der Waals surface area contributed by atoms with E-state index in [9.17, 15) is 13.2 Å². The van der Waals surface area contributed by atoms with Gasteiger partial charge in [-0.25, -0.2) is 13.4 Å². The Labute approximate surface area is 198 Å². The number of piperidine rings is 1. The predicted molar refractivity (Wildman–Crippen MR) is 131 cm³/mol. The number of carbonyl (C=O) groups excluding carboxylic acids is 1. The number of para-hydroxylation sites is 1. The molecule has 1 saturated heterocycles. The van der Waals surface area contributed by atoms with Crippen LogP contribution in [-0.4, -0.2) is 53.3 Å². The van der Waals surface area contributed by atoms with Crippen LogP contribution in [0.1, 0.15) is 25.3 Å². The quantitative estimate of drug-likeness (QED) is 0.443. The molecule has 1 atom stereocenters. The Kier molecular flexibility index (Phi) is 6.05. The summed E-state index contributed by atoms with van der Waals surface area (Å²) in [4.78, 5) is 27.0. The molecule has 0 spiro atoms. The standard InChI is InChI=1S/C25H27N5O3S/c1-17-9-12-30(13-10-17)25(31)22(15-18-7-8-20-21(14-18)28-16-27-20)29-34(32,33)23-6-2-4-19-5-3-11-26-24(19)23/h2-8,11,14,16-17,22,29H,9-10,12-13,15H2,1H3,(H,27,28). The van der Waals surface area contributed by atoms with Crippen molar-refractivity contribution in [2.75, 3.05) is 13.1 Å². The summed E-state index contributed by atoms with van der Waals surface area (Å²) in [5, 5.41) is 0.724. The van der Waals surface area contributed by atoms with Gasteiger partial charge in [0.1, 0.15) is 10.9 Å². The van der Waals surface area contributed by atoms with Crippen molar-refractivity contribution >= 4 is 37.9 Å². The van der Waals surface area contributed by atoms with Gasteiger partial charge in [0, 0.05) is 24.7 Å². The first-order chi connectivity index (χ1) is 16.4. The lowest BCUT2D eigenvalue weighted by Crippen LogP contribution is -2.51. The fourth-order valence-corrected chi connectivity index (χ4v) is 5.88. The molecule has 2 aromatic carbocycles. The van der Waals surface area contributed by atoms with Crippen LogP contribution in [-0.2, 0) is 21.2 Å². The summed E-state index contributed by atoms with van der Waals surface area (Å²) in [7, 11) is -4.01. The molecule has 1 fully saturated rings. The Bertz CT molecular complexity index is 1440. The lowest BCUT2D eigenvalue weighted by molar-refractivity contribution is -0.134. The third-order valence-corrected chi connectivity index (χ3v) is 8.00. The Hall–Kier alpha value is -3.30. The summed E-state index contributed by atoms with van der Waals surface area (Å²) in [6.07, 6.45) is 5.24. The summed E-state index contributed by atoms with van der Waals surface area (Å²) in [6, 6.07) is 13.4. The minimum absolute atomic E-state index is 0.0680. The molecule has 1 aliphatic heterocycles. The zero-order valence-corrected chi connectivity index (χ0v) is 19.8. The number of amides is 1. The molecule has 0 bridgehead atoms. The molecule has 9 heteroatoms. The van der Waals surface area contributed by atoms with Crippen LogP contribution in [0.3, 0.4) is 0 Å². The second kappa shape index (κ2) is 9.15. The number of sulfonamides is 1. The second-order valence-corrected chi connectivity index (χ2v) is 10.7. The molecule has 2 aromatic heterocycles. The number of likely N-dealkylation sites (tertiary alicyclic amines) is 1. The Morgan fingerprint density at radius 1 is 1.15 bits per heavy atom. The molecule has 3 heterocycles. The van der Waals surface area contributed by atoms with E-state index in [1.165, 1.54) is 6.07 Å². The molecule has 8 nitrogen and oxygen atoms in total. The minimum atomic E-state index is -4.01. The van der Waals surface area contributed by atoms with Crippen LogP contribution in [0.25, 0.3) is 21.9 Å². The van der Waals surface area contributed by atoms with E-state index in [0.717, 1.165) is 34.8 Å². The molecule has 1 unspecified atom stereocenters. The van der Waals surface area contributed by atoms with Crippen LogP contribution in [0, 0.1) is 5.92 Å². The highest BCUT2D eigenvalue weighted by molar-refractivity contribution is 7.89. The van der Waals surface area contributed by atoms with Gasteiger partial charge in [0.25, 0.3) is 0 Å². The van der Waals surface area contributed by atoms with Gasteiger partial charge in [0.2, 0.25) is 15.9 Å². The van der Waals surface area contributed by atoms with Crippen LogP contribution in [0.2, 0.25) is 0 Å². The first-order valence-corrected chi connectivity index (χ1v) is 13.0. The zero-order chi connectivity index (χ0) is 23.7. The monoisotopic (exact) mass is 477 g/mol. The van der Waals surface area contributed by atoms with E-state index in [1.54, 1.807) is 29.6 Å². The fourth-order valence-electron chi connectivity index (χ4n) is 4.51. The summed E-state index contributed by atoms with van der Waals surface area (Å²) in [5.41, 5.74) is 2.88. The maximum Gasteiger partial charge on any atom is 0.243 e. The van der Waals surface area contributed by atoms with Crippen LogP contribution in [0.4, 0.5) is 0 Å². The van der Waals surface area contributed by atoms with Gasteiger partial charge in [-0.05, 0) is 55.0 Å². The average Bonchev–Trinajstić information content (AvgIpc) is 3.31. The highest BCUT2D eigenvalue weighted by Crippen LogP contribution is 2.23. The van der Waals surface area contributed by atoms with E-state index < -0.39 is 16.1 Å². The number of carbonyl (C=O) groups is 1. The van der Waals surface area contributed by atoms with Crippen molar-refractivity contribution in [2.45, 2.75) is 37.1 Å². The largest absolute Gasteiger partial charge is 0.345 e. The van der Waals surface area contributed by atoms with E-state index in [4.69, 9.17) is 0 Å². The highest BCUT2D eigenvalue weighted by atomic mass is 32.2. The first kappa shape index (κ1) is 22.5. The van der Waals surface area contributed by atoms with E-state index >= 15 is 0 Å². The number of hydrogen-bond acceptors (Lipinski definition) is 5. The van der Waals surface area contributed by atoms with Gasteiger partial charge in [0.15, 0.2) is 0 Å². The van der Waals surface area contributed by atoms with Crippen molar-refractivity contribution in [2.24, 2.45) is 5.92 Å². The summed E-state index contributed by atoms with van der Waals surface area (Å²) in [5.74, 6) is 0.355. The number of fused-ring (bicyclic) bond motifs is 2. The molecule has 176 valence electrons. The normalized spacial score (nSPS) is 16.2. The Morgan fingerprint density at radius 3 is 2.76 bits per heavy atom. The highest BCUT2D eigenvalue weighted by Gasteiger charge is 2.32. The maximum atomic E-state index is 13.6. The molecule has 0 radical (unpaired) electrons. The van der Waals surface area contributed by atoms with E-state index in [0.29, 0.717) is 24.5 Å². The molecule has 4 aromatic rings. The topological polar surface area (TPSA) is 108 Å². The van der Waals surface area contributed by atoms with Crippen molar-refractivity contribution in [1.29, 1.82) is 0 Å². The van der Waals surface area contributed by atoms with Gasteiger partial charge >= 0.3 is 0 Å². The number of pyridine rings is 1. The molecular formula is C25H27N5O3S. The van der Waals surface area contributed by atoms with Crippen LogP contribution < -0.4 is 4.72 Å². The van der Waals surface area contributed by atoms with Crippen molar-refractivity contribution in [1.82, 2.24) is 24.6 Å². The number of nitrogens with zero attached hydrogens (tertiary/aromatic N) is 3. The van der Waals surface area contributed by atoms with Crippen LogP contribution >= 0.6 is 0 Å². The van der Waals surface area contributed by atoms with Gasteiger partial charge in [-0.15, -0.1) is 0 Å². The van der Waals surface area contributed by atoms with Crippen molar-refractivity contribution in [3.63, 3.8) is 0 Å². The second-order valence-electron chi connectivity index (χ2n) is 8.97. The van der Waals surface area contributed by atoms with Crippen molar-refractivity contribution in [3.05, 3.63) is 66.6 Å². The third-order valence-electron chi connectivity index (χ3n) is 6.50. The third kappa shape index (κ3) is 4.53. The van der Waals surface area contributed by atoms with Gasteiger partial charge in [-0.1, -0.05) is 31.2 Å². The number of H-pyrrole nitrogens is 1. The number of aromatic nitrogens is 3. The van der Waals surface area contributed by atoms with Crippen molar-refractivity contribution in [3.8, 4) is 0 Å². The number of aromatic amines is 1. The number of imidazole rings is 1. The lowest BCUT2D eigenvalue weighted by atomic mass is 9.98. The molecule has 2 N–H and O–H groups in total. The lowest BCUT2D eigenvalue weighted by Gasteiger charge is -2.33. The summed E-state index contributed by atoms with van der Waals surface area (Å²) < 4.78 is 29.7. The predicted octanol–water partition coefficient (Wildman–Crippen LogP) is 3.26. The van der Waals surface area contributed by atoms with Crippen molar-refractivity contribution < 1.29 is 13.2 Å². The van der Waals surface area contributed by atoms with E-state index in [2.05, 4.69) is 26.6 Å². The van der Waals surface area contributed by atoms with Crippen LogP contribution in [0.15, 0.2) is 66.0 Å². The fraction of sp³-hybridized carbons (Fsp3) is 0.320. The Balaban J connectivity index is 1.48. The summed E-state index contributed by atoms with van der Waals surface area (Å²) in [6.45, 7) is 3.44. The van der Waals surface area contributed by atoms with Gasteiger partial charge in [-0.3, -0.25) is 9.78 Å². The minimum Gasteiger partial charge on any atom is -0.345 e. The van der Waals surface area contributed by atoms with Gasteiger partial charge in [0.05, 0.1) is 22.9 Å². The summed E-state index contributed by atoms with van der Waals surface area (Å²) >= 11 is 0. The number of hydrogen-bond donors (Lipinski definition) is 2. The molecule has 1 amide bonds. The molecular weight excluding hydrogens is 450 g/mol. The number of rotatable bonds is 6. The van der Waals surface area contributed by atoms with Crippen LogP contribution in [0.5, 0.6) is 0 Å². The molecule has 5 rings (SSSR count). The van der Waals surface area contributed by atoms with Gasteiger partial charge in [-0.2, -0.15) is 4.72 Å². The molecule has 34 heavy (non-hydrogen) atoms. The van der Waals surface area contributed by atoms with E-state index in [-0.39, 0.29) is 17.2 Å². The average molecular weight is 478 g/mol. The smallest absolute Gasteiger partial charge is 0.243 e. The number of benzene rings is 2. The molecule has 0 aliphatic carbocycles. The first-order valence-electron chi connectivity index (χ1n) is 11.5. The van der Waals surface area contributed by atoms with Gasteiger partial charge < -0.3 is 9.88 Å². The zero-order valence-electron chi connectivity index (χ0n) is 18.9. The maximum absolute atomic E-state index is 13.6. The molecule has 1 aliphatic rings. The number of nitrogens with one attached hydrogen (secondary N) is 2. The Morgan fingerprint density at radius 2 is 1.94 bits per heavy atom. The van der Waals surface area contributed by atoms with E-state index in [1.807, 2.05) is 30.3 Å². The molecule has 0 saturated carbocycles.